The van der Waals surface area contributed by atoms with Gasteiger partial charge in [-0.3, -0.25) is 0 Å². The van der Waals surface area contributed by atoms with E-state index in [0.717, 1.165) is 18.7 Å². The first kappa shape index (κ1) is 10.7. The Morgan fingerprint density at radius 2 is 2.11 bits per heavy atom. The van der Waals surface area contributed by atoms with Crippen LogP contribution in [0.5, 0.6) is 5.75 Å². The van der Waals surface area contributed by atoms with Crippen molar-refractivity contribution in [3.05, 3.63) is 78.2 Å². The van der Waals surface area contributed by atoms with Crippen molar-refractivity contribution in [3.63, 3.8) is 0 Å². The molecule has 1 aromatic carbocycles. The number of hydrogen-bond donors (Lipinski definition) is 0. The van der Waals surface area contributed by atoms with E-state index in [9.17, 15) is 0 Å². The molecule has 0 aliphatic carbocycles. The summed E-state index contributed by atoms with van der Waals surface area (Å²) >= 11 is 0. The SMILES string of the molecule is C1=CCN2C=CC3(C=CC2=C1)Cc1ccccc1O3. The smallest absolute Gasteiger partial charge is 0.151 e. The van der Waals surface area contributed by atoms with Gasteiger partial charge in [0.05, 0.1) is 0 Å². The molecule has 1 unspecified atom stereocenters. The van der Waals surface area contributed by atoms with Crippen LogP contribution >= 0.6 is 0 Å². The van der Waals surface area contributed by atoms with Crippen molar-refractivity contribution in [1.29, 1.82) is 0 Å². The fraction of sp³-hybridized carbons (Fsp3) is 0.176. The van der Waals surface area contributed by atoms with Crippen molar-refractivity contribution in [2.45, 2.75) is 12.0 Å². The number of benzene rings is 1. The molecule has 0 saturated heterocycles. The Hall–Kier alpha value is -2.22. The first-order valence-electron chi connectivity index (χ1n) is 6.64. The molecule has 2 nitrogen and oxygen atoms in total. The van der Waals surface area contributed by atoms with Gasteiger partial charge in [-0.05, 0) is 35.9 Å². The Balaban J connectivity index is 1.72. The van der Waals surface area contributed by atoms with Crippen LogP contribution in [-0.2, 0) is 6.42 Å². The Morgan fingerprint density at radius 3 is 3.05 bits per heavy atom. The van der Waals surface area contributed by atoms with Gasteiger partial charge in [0.2, 0.25) is 0 Å². The topological polar surface area (TPSA) is 12.5 Å². The average Bonchev–Trinajstić information content (AvgIpc) is 2.72. The van der Waals surface area contributed by atoms with Gasteiger partial charge in [-0.25, -0.2) is 0 Å². The van der Waals surface area contributed by atoms with E-state index in [2.05, 4.69) is 59.7 Å². The molecule has 94 valence electrons. The molecule has 3 aliphatic heterocycles. The highest BCUT2D eigenvalue weighted by Crippen LogP contribution is 2.38. The minimum absolute atomic E-state index is 0.318. The number of allylic oxidation sites excluding steroid dienone is 3. The summed E-state index contributed by atoms with van der Waals surface area (Å²) in [5.41, 5.74) is 2.18. The van der Waals surface area contributed by atoms with Crippen molar-refractivity contribution < 1.29 is 4.74 Å². The van der Waals surface area contributed by atoms with E-state index in [0.29, 0.717) is 0 Å². The molecule has 0 saturated carbocycles. The Labute approximate surface area is 113 Å². The summed E-state index contributed by atoms with van der Waals surface area (Å²) in [6.07, 6.45) is 15.9. The van der Waals surface area contributed by atoms with Crippen molar-refractivity contribution >= 4 is 0 Å². The third kappa shape index (κ3) is 1.72. The van der Waals surface area contributed by atoms with Crippen LogP contribution in [0.1, 0.15) is 5.56 Å². The normalized spacial score (nSPS) is 26.7. The molecule has 3 aliphatic rings. The third-order valence-electron chi connectivity index (χ3n) is 3.85. The summed E-state index contributed by atoms with van der Waals surface area (Å²) in [6, 6.07) is 8.29. The minimum Gasteiger partial charge on any atom is -0.478 e. The number of rotatable bonds is 0. The zero-order valence-electron chi connectivity index (χ0n) is 10.6. The van der Waals surface area contributed by atoms with Gasteiger partial charge in [-0.2, -0.15) is 0 Å². The molecule has 1 spiro atoms. The molecular weight excluding hydrogens is 234 g/mol. The van der Waals surface area contributed by atoms with E-state index in [4.69, 9.17) is 4.74 Å². The molecule has 0 N–H and O–H groups in total. The molecule has 1 aromatic rings. The highest BCUT2D eigenvalue weighted by atomic mass is 16.5. The zero-order chi connectivity index (χ0) is 12.7. The summed E-state index contributed by atoms with van der Waals surface area (Å²) in [4.78, 5) is 2.23. The molecule has 3 heterocycles. The fourth-order valence-corrected chi connectivity index (χ4v) is 2.81. The molecule has 2 heteroatoms. The van der Waals surface area contributed by atoms with Gasteiger partial charge < -0.3 is 9.64 Å². The van der Waals surface area contributed by atoms with E-state index in [-0.39, 0.29) is 5.60 Å². The van der Waals surface area contributed by atoms with Gasteiger partial charge in [-0.15, -0.1) is 0 Å². The van der Waals surface area contributed by atoms with Gasteiger partial charge in [-0.1, -0.05) is 30.4 Å². The van der Waals surface area contributed by atoms with Gasteiger partial charge in [0.1, 0.15) is 5.75 Å². The van der Waals surface area contributed by atoms with E-state index in [1.54, 1.807) is 0 Å². The summed E-state index contributed by atoms with van der Waals surface area (Å²) in [7, 11) is 0. The molecule has 1 atom stereocenters. The second-order valence-electron chi connectivity index (χ2n) is 5.16. The second-order valence-corrected chi connectivity index (χ2v) is 5.16. The maximum absolute atomic E-state index is 6.17. The van der Waals surface area contributed by atoms with E-state index >= 15 is 0 Å². The van der Waals surface area contributed by atoms with Gasteiger partial charge >= 0.3 is 0 Å². The van der Waals surface area contributed by atoms with Crippen molar-refractivity contribution in [3.8, 4) is 5.75 Å². The predicted octanol–water partition coefficient (Wildman–Crippen LogP) is 3.20. The Morgan fingerprint density at radius 1 is 1.16 bits per heavy atom. The second kappa shape index (κ2) is 3.89. The molecule has 0 amide bonds. The molecule has 0 radical (unpaired) electrons. The lowest BCUT2D eigenvalue weighted by Gasteiger charge is -2.21. The molecule has 0 fully saturated rings. The van der Waals surface area contributed by atoms with E-state index < -0.39 is 0 Å². The number of fused-ring (bicyclic) bond motifs is 2. The summed E-state index contributed by atoms with van der Waals surface area (Å²) < 4.78 is 6.17. The number of nitrogens with zero attached hydrogens (tertiary/aromatic N) is 1. The highest BCUT2D eigenvalue weighted by Gasteiger charge is 2.35. The van der Waals surface area contributed by atoms with Gasteiger partial charge in [0, 0.05) is 24.9 Å². The maximum Gasteiger partial charge on any atom is 0.151 e. The summed E-state index contributed by atoms with van der Waals surface area (Å²) in [5, 5.41) is 0. The predicted molar refractivity (Wildman–Crippen MR) is 75.7 cm³/mol. The number of ether oxygens (including phenoxy) is 1. The van der Waals surface area contributed by atoms with E-state index in [1.165, 1.54) is 11.3 Å². The minimum atomic E-state index is -0.318. The van der Waals surface area contributed by atoms with Crippen molar-refractivity contribution in [2.75, 3.05) is 6.54 Å². The van der Waals surface area contributed by atoms with Gasteiger partial charge in [0.15, 0.2) is 5.60 Å². The van der Waals surface area contributed by atoms with Crippen LogP contribution in [0, 0.1) is 0 Å². The van der Waals surface area contributed by atoms with E-state index in [1.807, 2.05) is 12.1 Å². The Bertz CT molecular complexity index is 611. The van der Waals surface area contributed by atoms with Crippen LogP contribution < -0.4 is 4.74 Å². The molecule has 0 bridgehead atoms. The molecule has 19 heavy (non-hydrogen) atoms. The highest BCUT2D eigenvalue weighted by molar-refractivity contribution is 5.45. The van der Waals surface area contributed by atoms with Crippen LogP contribution in [-0.4, -0.2) is 17.0 Å². The van der Waals surface area contributed by atoms with Crippen LogP contribution in [0.15, 0.2) is 72.6 Å². The molecule has 0 aromatic heterocycles. The van der Waals surface area contributed by atoms with Crippen LogP contribution in [0.4, 0.5) is 0 Å². The largest absolute Gasteiger partial charge is 0.478 e. The lowest BCUT2D eigenvalue weighted by Crippen LogP contribution is -2.28. The lowest BCUT2D eigenvalue weighted by molar-refractivity contribution is 0.202. The average molecular weight is 249 g/mol. The van der Waals surface area contributed by atoms with Gasteiger partial charge in [0.25, 0.3) is 0 Å². The quantitative estimate of drug-likeness (QED) is 0.700. The van der Waals surface area contributed by atoms with Crippen LogP contribution in [0.25, 0.3) is 0 Å². The van der Waals surface area contributed by atoms with Crippen LogP contribution in [0.3, 0.4) is 0 Å². The first-order chi connectivity index (χ1) is 9.35. The lowest BCUT2D eigenvalue weighted by atomic mass is 9.96. The number of para-hydroxylation sites is 1. The summed E-state index contributed by atoms with van der Waals surface area (Å²) in [6.45, 7) is 0.926. The van der Waals surface area contributed by atoms with Crippen molar-refractivity contribution in [2.24, 2.45) is 0 Å². The monoisotopic (exact) mass is 249 g/mol. The Kier molecular flexibility index (Phi) is 2.18. The number of hydrogen-bond acceptors (Lipinski definition) is 2. The zero-order valence-corrected chi connectivity index (χ0v) is 10.6. The molecule has 4 rings (SSSR count). The third-order valence-corrected chi connectivity index (χ3v) is 3.85. The van der Waals surface area contributed by atoms with Crippen LogP contribution in [0.2, 0.25) is 0 Å². The fourth-order valence-electron chi connectivity index (χ4n) is 2.81. The maximum atomic E-state index is 6.17. The standard InChI is InChI=1S/C17H15NO/c1-2-7-16-14(5-1)13-17(19-16)9-8-15-6-3-4-11-18(15)12-10-17/h1-10,12H,11,13H2. The molecular formula is C17H15NO. The van der Waals surface area contributed by atoms with Crippen molar-refractivity contribution in [1.82, 2.24) is 4.90 Å². The summed E-state index contributed by atoms with van der Waals surface area (Å²) in [5.74, 6) is 1.00. The first-order valence-corrected chi connectivity index (χ1v) is 6.64.